The zero-order valence-electron chi connectivity index (χ0n) is 8.54. The van der Waals surface area contributed by atoms with Crippen LogP contribution in [-0.4, -0.2) is 26.1 Å². The Morgan fingerprint density at radius 2 is 1.94 bits per heavy atom. The smallest absolute Gasteiger partial charge is 0.225 e. The van der Waals surface area contributed by atoms with E-state index in [4.69, 9.17) is 0 Å². The van der Waals surface area contributed by atoms with Gasteiger partial charge in [0, 0.05) is 31.7 Å². The predicted molar refractivity (Wildman–Crippen MR) is 63.0 cm³/mol. The molecule has 0 saturated carbocycles. The van der Waals surface area contributed by atoms with Crippen LogP contribution in [0.4, 0.5) is 5.95 Å². The Morgan fingerprint density at radius 3 is 2.75 bits per heavy atom. The van der Waals surface area contributed by atoms with Crippen LogP contribution in [0.3, 0.4) is 0 Å². The highest BCUT2D eigenvalue weighted by atomic mass is 79.9. The number of halogens is 1. The number of nitrogens with zero attached hydrogens (tertiary/aromatic N) is 5. The fraction of sp³-hybridized carbons (Fsp3) is 0.300. The second-order valence-electron chi connectivity index (χ2n) is 3.70. The van der Waals surface area contributed by atoms with Crippen LogP contribution in [-0.2, 0) is 13.1 Å². The minimum Gasteiger partial charge on any atom is -0.333 e. The van der Waals surface area contributed by atoms with Crippen molar-refractivity contribution in [2.45, 2.75) is 13.1 Å². The maximum atomic E-state index is 4.30. The highest BCUT2D eigenvalue weighted by Crippen LogP contribution is 2.17. The molecule has 5 nitrogen and oxygen atoms in total. The normalized spacial score (nSPS) is 14.9. The standard InChI is InChI=1S/C10H10BrN5/c11-8-3-13-10(14-4-8)15-1-2-16-7-12-5-9(16)6-15/h3-5,7H,1-2,6H2. The van der Waals surface area contributed by atoms with Crippen molar-refractivity contribution < 1.29 is 0 Å². The van der Waals surface area contributed by atoms with Crippen molar-refractivity contribution in [2.75, 3.05) is 11.4 Å². The Morgan fingerprint density at radius 1 is 1.12 bits per heavy atom. The molecule has 2 aromatic rings. The third-order valence-electron chi connectivity index (χ3n) is 2.65. The van der Waals surface area contributed by atoms with E-state index in [0.717, 1.165) is 30.1 Å². The largest absolute Gasteiger partial charge is 0.333 e. The summed E-state index contributed by atoms with van der Waals surface area (Å²) in [7, 11) is 0. The van der Waals surface area contributed by atoms with Gasteiger partial charge in [0.15, 0.2) is 0 Å². The number of aromatic nitrogens is 4. The van der Waals surface area contributed by atoms with Crippen molar-refractivity contribution in [2.24, 2.45) is 0 Å². The summed E-state index contributed by atoms with van der Waals surface area (Å²) in [6.45, 7) is 2.68. The molecule has 3 rings (SSSR count). The Balaban J connectivity index is 1.86. The molecular formula is C10H10BrN5. The summed E-state index contributed by atoms with van der Waals surface area (Å²) in [5, 5.41) is 0. The van der Waals surface area contributed by atoms with Gasteiger partial charge in [0.05, 0.1) is 23.0 Å². The van der Waals surface area contributed by atoms with E-state index in [9.17, 15) is 0 Å². The third kappa shape index (κ3) is 1.69. The molecule has 0 radical (unpaired) electrons. The van der Waals surface area contributed by atoms with E-state index in [1.165, 1.54) is 5.69 Å². The monoisotopic (exact) mass is 279 g/mol. The molecule has 0 amide bonds. The molecule has 1 aliphatic heterocycles. The average molecular weight is 280 g/mol. The van der Waals surface area contributed by atoms with Gasteiger partial charge in [-0.3, -0.25) is 0 Å². The summed E-state index contributed by atoms with van der Waals surface area (Å²) in [6, 6.07) is 0. The number of anilines is 1. The van der Waals surface area contributed by atoms with Crippen molar-refractivity contribution in [1.82, 2.24) is 19.5 Å². The van der Waals surface area contributed by atoms with E-state index < -0.39 is 0 Å². The molecule has 82 valence electrons. The number of imidazole rings is 1. The first-order valence-electron chi connectivity index (χ1n) is 5.04. The van der Waals surface area contributed by atoms with Gasteiger partial charge in [-0.15, -0.1) is 0 Å². The van der Waals surface area contributed by atoms with Crippen molar-refractivity contribution in [3.05, 3.63) is 35.1 Å². The molecule has 3 heterocycles. The Bertz CT molecular complexity index is 492. The zero-order chi connectivity index (χ0) is 11.0. The molecular weight excluding hydrogens is 270 g/mol. The summed E-state index contributed by atoms with van der Waals surface area (Å²) in [5.41, 5.74) is 1.21. The lowest BCUT2D eigenvalue weighted by Gasteiger charge is -2.27. The van der Waals surface area contributed by atoms with Crippen molar-refractivity contribution in [3.8, 4) is 0 Å². The van der Waals surface area contributed by atoms with Crippen LogP contribution in [0.25, 0.3) is 0 Å². The zero-order valence-corrected chi connectivity index (χ0v) is 10.1. The van der Waals surface area contributed by atoms with Crippen molar-refractivity contribution in [1.29, 1.82) is 0 Å². The van der Waals surface area contributed by atoms with Crippen LogP contribution < -0.4 is 4.90 Å². The number of hydrogen-bond acceptors (Lipinski definition) is 4. The van der Waals surface area contributed by atoms with Gasteiger partial charge in [-0.05, 0) is 15.9 Å². The lowest BCUT2D eigenvalue weighted by Crippen LogP contribution is -2.34. The number of hydrogen-bond donors (Lipinski definition) is 0. The number of fused-ring (bicyclic) bond motifs is 1. The maximum absolute atomic E-state index is 4.30. The molecule has 6 heteroatoms. The van der Waals surface area contributed by atoms with E-state index in [-0.39, 0.29) is 0 Å². The molecule has 0 bridgehead atoms. The minimum atomic E-state index is 0.774. The maximum Gasteiger partial charge on any atom is 0.225 e. The summed E-state index contributed by atoms with van der Waals surface area (Å²) < 4.78 is 3.06. The number of rotatable bonds is 1. The summed E-state index contributed by atoms with van der Waals surface area (Å²) >= 11 is 3.33. The van der Waals surface area contributed by atoms with Crippen LogP contribution in [0.5, 0.6) is 0 Å². The third-order valence-corrected chi connectivity index (χ3v) is 3.06. The van der Waals surface area contributed by atoms with Crippen LogP contribution in [0.1, 0.15) is 5.69 Å². The van der Waals surface area contributed by atoms with Gasteiger partial charge in [-0.25, -0.2) is 15.0 Å². The van der Waals surface area contributed by atoms with Gasteiger partial charge in [-0.2, -0.15) is 0 Å². The average Bonchev–Trinajstić information content (AvgIpc) is 2.77. The van der Waals surface area contributed by atoms with E-state index in [0.29, 0.717) is 0 Å². The molecule has 0 aromatic carbocycles. The fourth-order valence-corrected chi connectivity index (χ4v) is 2.03. The Labute approximate surface area is 101 Å². The molecule has 0 spiro atoms. The molecule has 0 aliphatic carbocycles. The van der Waals surface area contributed by atoms with Crippen LogP contribution >= 0.6 is 15.9 Å². The summed E-state index contributed by atoms with van der Waals surface area (Å²) in [5.74, 6) is 0.774. The molecule has 0 fully saturated rings. The SMILES string of the molecule is Brc1cnc(N2CCn3cncc3C2)nc1. The molecule has 1 aliphatic rings. The van der Waals surface area contributed by atoms with Crippen LogP contribution in [0.2, 0.25) is 0 Å². The van der Waals surface area contributed by atoms with Gasteiger partial charge in [0.1, 0.15) is 0 Å². The fourth-order valence-electron chi connectivity index (χ4n) is 1.82. The highest BCUT2D eigenvalue weighted by molar-refractivity contribution is 9.10. The van der Waals surface area contributed by atoms with Gasteiger partial charge >= 0.3 is 0 Å². The van der Waals surface area contributed by atoms with Crippen molar-refractivity contribution in [3.63, 3.8) is 0 Å². The predicted octanol–water partition coefficient (Wildman–Crippen LogP) is 1.46. The Kier molecular flexibility index (Phi) is 2.36. The summed E-state index contributed by atoms with van der Waals surface area (Å²) in [6.07, 6.45) is 7.31. The van der Waals surface area contributed by atoms with Gasteiger partial charge in [0.25, 0.3) is 0 Å². The first-order chi connectivity index (χ1) is 7.83. The molecule has 0 saturated heterocycles. The van der Waals surface area contributed by atoms with E-state index in [1.807, 2.05) is 12.5 Å². The van der Waals surface area contributed by atoms with Gasteiger partial charge in [-0.1, -0.05) is 0 Å². The van der Waals surface area contributed by atoms with E-state index in [2.05, 4.69) is 40.3 Å². The molecule has 0 atom stereocenters. The topological polar surface area (TPSA) is 46.8 Å². The van der Waals surface area contributed by atoms with Crippen LogP contribution in [0.15, 0.2) is 29.4 Å². The molecule has 2 aromatic heterocycles. The lowest BCUT2D eigenvalue weighted by molar-refractivity contribution is 0.562. The molecule has 16 heavy (non-hydrogen) atoms. The van der Waals surface area contributed by atoms with E-state index >= 15 is 0 Å². The minimum absolute atomic E-state index is 0.774. The first kappa shape index (κ1) is 9.77. The highest BCUT2D eigenvalue weighted by Gasteiger charge is 2.17. The molecule has 0 unspecified atom stereocenters. The second-order valence-corrected chi connectivity index (χ2v) is 4.62. The summed E-state index contributed by atoms with van der Waals surface area (Å²) in [4.78, 5) is 14.9. The quantitative estimate of drug-likeness (QED) is 0.793. The van der Waals surface area contributed by atoms with Gasteiger partial charge < -0.3 is 9.47 Å². The molecule has 0 N–H and O–H groups in total. The first-order valence-corrected chi connectivity index (χ1v) is 5.84. The lowest BCUT2D eigenvalue weighted by atomic mass is 10.3. The van der Waals surface area contributed by atoms with Crippen LogP contribution in [0, 0.1) is 0 Å². The Hall–Kier alpha value is -1.43. The van der Waals surface area contributed by atoms with Crippen molar-refractivity contribution >= 4 is 21.9 Å². The second kappa shape index (κ2) is 3.86. The van der Waals surface area contributed by atoms with Gasteiger partial charge in [0.2, 0.25) is 5.95 Å². The van der Waals surface area contributed by atoms with E-state index in [1.54, 1.807) is 12.4 Å².